The number of carbonyl (C=O) groups excluding carboxylic acids is 6. The highest BCUT2D eigenvalue weighted by Crippen LogP contribution is 2.28. The average Bonchev–Trinajstić information content (AvgIpc) is 4.14. The first-order valence-corrected chi connectivity index (χ1v) is 25.1. The van der Waals surface area contributed by atoms with Crippen molar-refractivity contribution in [3.8, 4) is 11.4 Å². The lowest BCUT2D eigenvalue weighted by Crippen LogP contribution is -2.58. The zero-order chi connectivity index (χ0) is 54.7. The lowest BCUT2D eigenvalue weighted by atomic mass is 9.97. The van der Waals surface area contributed by atoms with Crippen LogP contribution in [-0.2, 0) is 59.6 Å². The van der Waals surface area contributed by atoms with Crippen molar-refractivity contribution in [3.63, 3.8) is 0 Å². The SMILES string of the molecule is CC[C@H](C)[C@H](NC(=O)[C@@H]1CCCN1)C(=O)NCC(=O)N[C@@H](Cc1cn(-c2ccc([N+](=O)[O-])cc2[N+](=O)[O-])cn1)C(=O)N[C@@H](CC(C)C)C(=O)N[C@@H](Cc1ccc(OCc2ccccc2)cc1)C(=O)OCc1ccccc1. The van der Waals surface area contributed by atoms with Crippen LogP contribution < -0.4 is 36.6 Å². The summed E-state index contributed by atoms with van der Waals surface area (Å²) in [4.78, 5) is 109. The molecule has 1 aliphatic rings. The summed E-state index contributed by atoms with van der Waals surface area (Å²) in [6.45, 7) is 7.59. The number of hydrogen-bond donors (Lipinski definition) is 6. The molecule has 0 spiro atoms. The van der Waals surface area contributed by atoms with E-state index in [2.05, 4.69) is 36.9 Å². The van der Waals surface area contributed by atoms with Gasteiger partial charge in [-0.1, -0.05) is 107 Å². The van der Waals surface area contributed by atoms with E-state index in [0.717, 1.165) is 24.1 Å². The first-order valence-electron chi connectivity index (χ1n) is 25.1. The second-order valence-corrected chi connectivity index (χ2v) is 19.0. The van der Waals surface area contributed by atoms with Gasteiger partial charge in [0.1, 0.15) is 48.8 Å². The molecule has 1 aliphatic heterocycles. The summed E-state index contributed by atoms with van der Waals surface area (Å²) in [7, 11) is 0. The standard InChI is InChI=1S/C54H64N10O12/c1-5-35(4)49(61-50(66)42-17-12-24-55-42)53(69)56-29-48(65)58-44(27-39-30-62(33-57-39)46-23-20-40(63(71)72)28-47(46)64(73)74)52(68)59-43(25-34(2)3)51(67)60-45(54(70)76-32-38-15-10-7-11-16-38)26-36-18-21-41(22-19-36)75-31-37-13-8-6-9-14-37/h6-11,13-16,18-23,28,30,33-35,42-45,49,55H,5,12,17,24-27,29,31-32H2,1-4H3,(H,56,69)(H,58,65)(H,59,68)(H,60,67)(H,61,66)/t35-,42-,43-,44-,45-,49-/m0/s1. The number of nitro benzene ring substituents is 2. The van der Waals surface area contributed by atoms with Gasteiger partial charge in [0, 0.05) is 25.1 Å². The molecule has 22 nitrogen and oxygen atoms in total. The van der Waals surface area contributed by atoms with Gasteiger partial charge in [-0.05, 0) is 72.5 Å². The lowest BCUT2D eigenvalue weighted by molar-refractivity contribution is -0.394. The third kappa shape index (κ3) is 16.7. The zero-order valence-corrected chi connectivity index (χ0v) is 42.8. The van der Waals surface area contributed by atoms with Gasteiger partial charge in [0.05, 0.1) is 40.5 Å². The van der Waals surface area contributed by atoms with Crippen LogP contribution in [0.2, 0.25) is 0 Å². The largest absolute Gasteiger partial charge is 0.489 e. The van der Waals surface area contributed by atoms with Crippen LogP contribution in [0.3, 0.4) is 0 Å². The molecule has 4 aromatic carbocycles. The quantitative estimate of drug-likeness (QED) is 0.0236. The maximum atomic E-state index is 14.5. The van der Waals surface area contributed by atoms with Crippen LogP contribution in [0.25, 0.3) is 5.69 Å². The van der Waals surface area contributed by atoms with E-state index in [9.17, 15) is 49.0 Å². The minimum absolute atomic E-state index is 0.000299. The number of aromatic nitrogens is 2. The molecule has 76 heavy (non-hydrogen) atoms. The van der Waals surface area contributed by atoms with Gasteiger partial charge < -0.3 is 41.4 Å². The number of nitrogens with one attached hydrogen (secondary N) is 6. The van der Waals surface area contributed by atoms with Gasteiger partial charge in [-0.3, -0.25) is 48.8 Å². The molecule has 6 atom stereocenters. The predicted octanol–water partition coefficient (Wildman–Crippen LogP) is 4.70. The van der Waals surface area contributed by atoms with Crippen molar-refractivity contribution in [2.75, 3.05) is 13.1 Å². The number of benzene rings is 4. The highest BCUT2D eigenvalue weighted by atomic mass is 16.6. The molecule has 0 aliphatic carbocycles. The number of imidazole rings is 1. The second kappa shape index (κ2) is 27.7. The molecule has 5 amide bonds. The Balaban J connectivity index is 1.22. The van der Waals surface area contributed by atoms with E-state index in [1.807, 2.05) is 57.2 Å². The van der Waals surface area contributed by atoms with Crippen molar-refractivity contribution in [2.24, 2.45) is 11.8 Å². The first kappa shape index (κ1) is 56.8. The maximum absolute atomic E-state index is 14.5. The summed E-state index contributed by atoms with van der Waals surface area (Å²) in [5.41, 5.74) is 1.29. The highest BCUT2D eigenvalue weighted by molar-refractivity contribution is 5.95. The molecule has 2 heterocycles. The van der Waals surface area contributed by atoms with Crippen LogP contribution >= 0.6 is 0 Å². The molecule has 0 radical (unpaired) electrons. The Morgan fingerprint density at radius 2 is 1.41 bits per heavy atom. The molecule has 5 aromatic rings. The monoisotopic (exact) mass is 1040 g/mol. The van der Waals surface area contributed by atoms with E-state index >= 15 is 0 Å². The van der Waals surface area contributed by atoms with Crippen LogP contribution in [0.4, 0.5) is 11.4 Å². The van der Waals surface area contributed by atoms with Gasteiger partial charge in [-0.15, -0.1) is 0 Å². The number of hydrogen-bond acceptors (Lipinski definition) is 14. The van der Waals surface area contributed by atoms with Gasteiger partial charge in [0.25, 0.3) is 11.4 Å². The third-order valence-corrected chi connectivity index (χ3v) is 12.7. The fourth-order valence-corrected chi connectivity index (χ4v) is 8.36. The van der Waals surface area contributed by atoms with E-state index in [4.69, 9.17) is 9.47 Å². The number of esters is 1. The van der Waals surface area contributed by atoms with Crippen LogP contribution in [0.5, 0.6) is 5.75 Å². The van der Waals surface area contributed by atoms with Crippen LogP contribution in [0, 0.1) is 32.1 Å². The summed E-state index contributed by atoms with van der Waals surface area (Å²) in [5.74, 6) is -4.05. The van der Waals surface area contributed by atoms with E-state index in [1.54, 1.807) is 55.5 Å². The Morgan fingerprint density at radius 3 is 2.03 bits per heavy atom. The minimum Gasteiger partial charge on any atom is -0.489 e. The molecule has 6 rings (SSSR count). The number of amides is 5. The van der Waals surface area contributed by atoms with E-state index in [1.165, 1.54) is 23.2 Å². The molecule has 6 N–H and O–H groups in total. The van der Waals surface area contributed by atoms with Gasteiger partial charge in [0.15, 0.2) is 0 Å². The molecule has 0 bridgehead atoms. The molecular formula is C54H64N10O12. The maximum Gasteiger partial charge on any atom is 0.329 e. The van der Waals surface area contributed by atoms with Crippen molar-refractivity contribution in [1.82, 2.24) is 41.5 Å². The number of nitrogens with zero attached hydrogens (tertiary/aromatic N) is 4. The fraction of sp³-hybridized carbons (Fsp3) is 0.389. The molecule has 0 saturated carbocycles. The molecule has 0 unspecified atom stereocenters. The molecule has 402 valence electrons. The van der Waals surface area contributed by atoms with Gasteiger partial charge in [-0.25, -0.2) is 9.78 Å². The Morgan fingerprint density at radius 1 is 0.750 bits per heavy atom. The van der Waals surface area contributed by atoms with Crippen molar-refractivity contribution >= 4 is 46.9 Å². The van der Waals surface area contributed by atoms with Crippen molar-refractivity contribution in [2.45, 2.75) is 110 Å². The Labute approximate surface area is 439 Å². The Hall–Kier alpha value is -8.53. The van der Waals surface area contributed by atoms with E-state index < -0.39 is 87.6 Å². The Bertz CT molecular complexity index is 2800. The third-order valence-electron chi connectivity index (χ3n) is 12.7. The molecule has 1 saturated heterocycles. The van der Waals surface area contributed by atoms with Crippen LogP contribution in [0.1, 0.15) is 75.8 Å². The number of carbonyl (C=O) groups is 6. The average molecular weight is 1050 g/mol. The van der Waals surface area contributed by atoms with Crippen LogP contribution in [0.15, 0.2) is 116 Å². The summed E-state index contributed by atoms with van der Waals surface area (Å²) in [6.07, 6.45) is 4.20. The fourth-order valence-electron chi connectivity index (χ4n) is 8.36. The zero-order valence-electron chi connectivity index (χ0n) is 42.8. The highest BCUT2D eigenvalue weighted by Gasteiger charge is 2.34. The number of ether oxygens (including phenoxy) is 2. The topological polar surface area (TPSA) is 297 Å². The van der Waals surface area contributed by atoms with Crippen molar-refractivity contribution < 1.29 is 48.1 Å². The molecule has 1 fully saturated rings. The van der Waals surface area contributed by atoms with Gasteiger partial charge >= 0.3 is 5.97 Å². The van der Waals surface area contributed by atoms with E-state index in [0.29, 0.717) is 42.9 Å². The normalized spacial score (nSPS) is 15.0. The lowest BCUT2D eigenvalue weighted by Gasteiger charge is -2.26. The summed E-state index contributed by atoms with van der Waals surface area (Å²) in [5, 5.41) is 40.1. The minimum atomic E-state index is -1.49. The van der Waals surface area contributed by atoms with Gasteiger partial charge in [0.2, 0.25) is 29.5 Å². The molecule has 1 aromatic heterocycles. The van der Waals surface area contributed by atoms with Crippen LogP contribution in [-0.4, -0.2) is 98.2 Å². The number of non-ortho nitro benzene ring substituents is 1. The van der Waals surface area contributed by atoms with Gasteiger partial charge in [-0.2, -0.15) is 0 Å². The summed E-state index contributed by atoms with van der Waals surface area (Å²) < 4.78 is 12.9. The molecule has 22 heteroatoms. The second-order valence-electron chi connectivity index (χ2n) is 19.0. The van der Waals surface area contributed by atoms with E-state index in [-0.39, 0.29) is 55.0 Å². The van der Waals surface area contributed by atoms with Crippen molar-refractivity contribution in [3.05, 3.63) is 158 Å². The number of nitro groups is 2. The van der Waals surface area contributed by atoms with Crippen molar-refractivity contribution in [1.29, 1.82) is 0 Å². The smallest absolute Gasteiger partial charge is 0.329 e. The molecular weight excluding hydrogens is 981 g/mol. The number of rotatable bonds is 27. The Kier molecular flexibility index (Phi) is 20.7. The predicted molar refractivity (Wildman–Crippen MR) is 278 cm³/mol. The summed E-state index contributed by atoms with van der Waals surface area (Å²) >= 11 is 0. The first-order chi connectivity index (χ1) is 36.5. The summed E-state index contributed by atoms with van der Waals surface area (Å²) in [6, 6.07) is 23.3.